The third-order valence-electron chi connectivity index (χ3n) is 3.27. The Morgan fingerprint density at radius 1 is 1.11 bits per heavy atom. The van der Waals surface area contributed by atoms with Crippen molar-refractivity contribution < 1.29 is 5.11 Å². The van der Waals surface area contributed by atoms with Crippen LogP contribution >= 0.6 is 11.6 Å². The highest BCUT2D eigenvalue weighted by atomic mass is 35.5. The van der Waals surface area contributed by atoms with Gasteiger partial charge in [0.05, 0.1) is 5.54 Å². The second kappa shape index (κ2) is 6.09. The minimum absolute atomic E-state index is 0.283. The lowest BCUT2D eigenvalue weighted by molar-refractivity contribution is 0.405. The fourth-order valence-corrected chi connectivity index (χ4v) is 2.24. The number of benzene rings is 2. The number of alkyl halides is 1. The van der Waals surface area contributed by atoms with E-state index in [-0.39, 0.29) is 11.3 Å². The maximum Gasteiger partial charge on any atom is 0.115 e. The lowest BCUT2D eigenvalue weighted by atomic mass is 9.94. The van der Waals surface area contributed by atoms with Crippen LogP contribution in [0.15, 0.2) is 54.6 Å². The molecule has 19 heavy (non-hydrogen) atoms. The van der Waals surface area contributed by atoms with Gasteiger partial charge in [-0.3, -0.25) is 0 Å². The SMILES string of the molecule is CC(CCl)(NCc1cccc(O)c1)c1ccccc1. The Bertz CT molecular complexity index is 529. The largest absolute Gasteiger partial charge is 0.508 e. The number of aromatic hydroxyl groups is 1. The summed E-state index contributed by atoms with van der Waals surface area (Å²) in [6, 6.07) is 17.4. The van der Waals surface area contributed by atoms with E-state index in [2.05, 4.69) is 24.4 Å². The molecule has 0 heterocycles. The molecule has 2 aromatic rings. The standard InChI is InChI=1S/C16H18ClNO/c1-16(12-17,14-7-3-2-4-8-14)18-11-13-6-5-9-15(19)10-13/h2-10,18-19H,11-12H2,1H3. The first kappa shape index (κ1) is 13.9. The molecule has 1 unspecified atom stereocenters. The first-order valence-corrected chi connectivity index (χ1v) is 6.82. The molecule has 2 rings (SSSR count). The van der Waals surface area contributed by atoms with Gasteiger partial charge in [0.15, 0.2) is 0 Å². The normalized spacial score (nSPS) is 14.0. The lowest BCUT2D eigenvalue weighted by Gasteiger charge is -2.29. The van der Waals surface area contributed by atoms with Gasteiger partial charge in [0.25, 0.3) is 0 Å². The number of nitrogens with one attached hydrogen (secondary N) is 1. The molecule has 3 heteroatoms. The Morgan fingerprint density at radius 2 is 1.84 bits per heavy atom. The molecule has 0 fully saturated rings. The molecule has 0 bridgehead atoms. The highest BCUT2D eigenvalue weighted by molar-refractivity contribution is 6.18. The van der Waals surface area contributed by atoms with Crippen LogP contribution in [0.4, 0.5) is 0 Å². The number of halogens is 1. The van der Waals surface area contributed by atoms with Gasteiger partial charge in [-0.1, -0.05) is 42.5 Å². The van der Waals surface area contributed by atoms with Crippen LogP contribution in [0, 0.1) is 0 Å². The van der Waals surface area contributed by atoms with Gasteiger partial charge in [-0.2, -0.15) is 0 Å². The molecule has 0 saturated carbocycles. The summed E-state index contributed by atoms with van der Waals surface area (Å²) in [5, 5.41) is 12.9. The Labute approximate surface area is 119 Å². The van der Waals surface area contributed by atoms with E-state index >= 15 is 0 Å². The lowest BCUT2D eigenvalue weighted by Crippen LogP contribution is -2.40. The number of phenols is 1. The van der Waals surface area contributed by atoms with Crippen molar-refractivity contribution in [2.75, 3.05) is 5.88 Å². The molecular weight excluding hydrogens is 258 g/mol. The summed E-state index contributed by atoms with van der Waals surface area (Å²) in [5.41, 5.74) is 1.91. The predicted octanol–water partition coefficient (Wildman–Crippen LogP) is 3.64. The van der Waals surface area contributed by atoms with Crippen LogP contribution in [0.5, 0.6) is 5.75 Å². The Morgan fingerprint density at radius 3 is 2.47 bits per heavy atom. The van der Waals surface area contributed by atoms with Gasteiger partial charge in [-0.25, -0.2) is 0 Å². The van der Waals surface area contributed by atoms with Gasteiger partial charge in [0, 0.05) is 12.4 Å². The number of hydrogen-bond acceptors (Lipinski definition) is 2. The topological polar surface area (TPSA) is 32.3 Å². The maximum atomic E-state index is 9.46. The van der Waals surface area contributed by atoms with E-state index in [4.69, 9.17) is 11.6 Å². The quantitative estimate of drug-likeness (QED) is 0.817. The summed E-state index contributed by atoms with van der Waals surface area (Å²) >= 11 is 6.13. The van der Waals surface area contributed by atoms with Crippen LogP contribution in [0.1, 0.15) is 18.1 Å². The van der Waals surface area contributed by atoms with Gasteiger partial charge < -0.3 is 10.4 Å². The van der Waals surface area contributed by atoms with Crippen molar-refractivity contribution in [2.24, 2.45) is 0 Å². The van der Waals surface area contributed by atoms with Crippen molar-refractivity contribution in [3.8, 4) is 5.75 Å². The third-order valence-corrected chi connectivity index (χ3v) is 3.81. The molecule has 0 spiro atoms. The van der Waals surface area contributed by atoms with Crippen molar-refractivity contribution in [3.63, 3.8) is 0 Å². The van der Waals surface area contributed by atoms with Gasteiger partial charge in [0.2, 0.25) is 0 Å². The molecule has 100 valence electrons. The second-order valence-corrected chi connectivity index (χ2v) is 5.12. The zero-order valence-corrected chi connectivity index (χ0v) is 11.7. The number of hydrogen-bond donors (Lipinski definition) is 2. The third kappa shape index (κ3) is 3.49. The van der Waals surface area contributed by atoms with E-state index in [1.165, 1.54) is 0 Å². The van der Waals surface area contributed by atoms with Crippen LogP contribution in [-0.2, 0) is 12.1 Å². The molecule has 1 atom stereocenters. The smallest absolute Gasteiger partial charge is 0.115 e. The van der Waals surface area contributed by atoms with Gasteiger partial charge in [-0.05, 0) is 30.2 Å². The van der Waals surface area contributed by atoms with Crippen LogP contribution in [0.3, 0.4) is 0 Å². The molecule has 2 nitrogen and oxygen atoms in total. The molecular formula is C16H18ClNO. The molecule has 0 aromatic heterocycles. The van der Waals surface area contributed by atoms with Crippen molar-refractivity contribution in [2.45, 2.75) is 19.0 Å². The van der Waals surface area contributed by atoms with E-state index in [1.54, 1.807) is 12.1 Å². The van der Waals surface area contributed by atoms with Crippen molar-refractivity contribution in [3.05, 3.63) is 65.7 Å². The summed E-state index contributed by atoms with van der Waals surface area (Å²) in [7, 11) is 0. The molecule has 0 radical (unpaired) electrons. The second-order valence-electron chi connectivity index (χ2n) is 4.86. The Hall–Kier alpha value is -1.51. The molecule has 0 aliphatic heterocycles. The molecule has 2 N–H and O–H groups in total. The zero-order valence-electron chi connectivity index (χ0n) is 10.9. The van der Waals surface area contributed by atoms with Crippen LogP contribution in [-0.4, -0.2) is 11.0 Å². The summed E-state index contributed by atoms with van der Waals surface area (Å²) in [6.07, 6.45) is 0. The first-order chi connectivity index (χ1) is 9.14. The molecule has 0 amide bonds. The minimum atomic E-state index is -0.283. The maximum absolute atomic E-state index is 9.46. The Balaban J connectivity index is 2.11. The average molecular weight is 276 g/mol. The summed E-state index contributed by atoms with van der Waals surface area (Å²) in [6.45, 7) is 2.74. The highest BCUT2D eigenvalue weighted by Crippen LogP contribution is 2.23. The van der Waals surface area contributed by atoms with Gasteiger partial charge >= 0.3 is 0 Å². The fraction of sp³-hybridized carbons (Fsp3) is 0.250. The minimum Gasteiger partial charge on any atom is -0.508 e. The summed E-state index contributed by atoms with van der Waals surface area (Å²) in [5.74, 6) is 0.766. The predicted molar refractivity (Wildman–Crippen MR) is 79.5 cm³/mol. The summed E-state index contributed by atoms with van der Waals surface area (Å²) in [4.78, 5) is 0. The van der Waals surface area contributed by atoms with E-state index < -0.39 is 0 Å². The molecule has 2 aromatic carbocycles. The van der Waals surface area contributed by atoms with Crippen LogP contribution in [0.25, 0.3) is 0 Å². The first-order valence-electron chi connectivity index (χ1n) is 6.28. The van der Waals surface area contributed by atoms with E-state index in [9.17, 15) is 5.11 Å². The van der Waals surface area contributed by atoms with Crippen LogP contribution in [0.2, 0.25) is 0 Å². The van der Waals surface area contributed by atoms with Crippen LogP contribution < -0.4 is 5.32 Å². The van der Waals surface area contributed by atoms with E-state index in [1.807, 2.05) is 30.3 Å². The molecule has 0 aliphatic carbocycles. The summed E-state index contributed by atoms with van der Waals surface area (Å²) < 4.78 is 0. The van der Waals surface area contributed by atoms with E-state index in [0.29, 0.717) is 12.4 Å². The molecule has 0 saturated heterocycles. The van der Waals surface area contributed by atoms with Crippen molar-refractivity contribution >= 4 is 11.6 Å². The van der Waals surface area contributed by atoms with Crippen molar-refractivity contribution in [1.29, 1.82) is 0 Å². The fourth-order valence-electron chi connectivity index (χ4n) is 2.00. The Kier molecular flexibility index (Phi) is 4.46. The average Bonchev–Trinajstić information content (AvgIpc) is 2.46. The van der Waals surface area contributed by atoms with Gasteiger partial charge in [0.1, 0.15) is 5.75 Å². The van der Waals surface area contributed by atoms with Crippen molar-refractivity contribution in [1.82, 2.24) is 5.32 Å². The zero-order chi connectivity index (χ0) is 13.7. The number of rotatable bonds is 5. The monoisotopic (exact) mass is 275 g/mol. The van der Waals surface area contributed by atoms with Gasteiger partial charge in [-0.15, -0.1) is 11.6 Å². The highest BCUT2D eigenvalue weighted by Gasteiger charge is 2.24. The molecule has 0 aliphatic rings. The van der Waals surface area contributed by atoms with E-state index in [0.717, 1.165) is 11.1 Å². The number of phenolic OH excluding ortho intramolecular Hbond substituents is 1.